The number of benzene rings is 1. The first-order valence-electron chi connectivity index (χ1n) is 8.12. The summed E-state index contributed by atoms with van der Waals surface area (Å²) in [7, 11) is 0. The number of ether oxygens (including phenoxy) is 2. The fourth-order valence-electron chi connectivity index (χ4n) is 2.34. The maximum absolute atomic E-state index is 12.1. The number of hydrogen-bond acceptors (Lipinski definition) is 7. The Bertz CT molecular complexity index is 965. The van der Waals surface area contributed by atoms with E-state index in [1.165, 1.54) is 4.52 Å². The van der Waals surface area contributed by atoms with Crippen molar-refractivity contribution in [3.05, 3.63) is 40.7 Å². The molecule has 8 nitrogen and oxygen atoms in total. The zero-order valence-electron chi connectivity index (χ0n) is 14.4. The van der Waals surface area contributed by atoms with Gasteiger partial charge in [-0.2, -0.15) is 5.10 Å². The van der Waals surface area contributed by atoms with Crippen LogP contribution in [-0.2, 0) is 9.53 Å². The van der Waals surface area contributed by atoms with Crippen LogP contribution in [0, 0.1) is 0 Å². The molecule has 2 aromatic heterocycles. The normalized spacial score (nSPS) is 10.8. The zero-order chi connectivity index (χ0) is 18.5. The molecule has 1 aromatic carbocycles. The van der Waals surface area contributed by atoms with Gasteiger partial charge in [0.15, 0.2) is 0 Å². The maximum Gasteiger partial charge on any atom is 0.316 e. The maximum atomic E-state index is 12.1. The number of nitrogens with one attached hydrogen (secondary N) is 1. The van der Waals surface area contributed by atoms with Gasteiger partial charge in [0.25, 0.3) is 5.56 Å². The number of carbonyl (C=O) groups excluding carboxylic acids is 1. The van der Waals surface area contributed by atoms with Crippen LogP contribution in [0.3, 0.4) is 0 Å². The number of esters is 1. The number of thioether (sulfide) groups is 1. The van der Waals surface area contributed by atoms with Crippen molar-refractivity contribution < 1.29 is 14.3 Å². The van der Waals surface area contributed by atoms with Crippen molar-refractivity contribution in [1.29, 1.82) is 0 Å². The van der Waals surface area contributed by atoms with Crippen molar-refractivity contribution in [2.45, 2.75) is 19.0 Å². The summed E-state index contributed by atoms with van der Waals surface area (Å²) in [6.07, 6.45) is 0. The number of nitrogens with zero attached hydrogens (tertiary/aromatic N) is 3. The van der Waals surface area contributed by atoms with Gasteiger partial charge in [0.05, 0.1) is 24.7 Å². The second-order valence-electron chi connectivity index (χ2n) is 5.21. The molecule has 0 saturated carbocycles. The molecule has 0 aliphatic rings. The van der Waals surface area contributed by atoms with E-state index in [4.69, 9.17) is 9.47 Å². The Kier molecular flexibility index (Phi) is 5.57. The molecule has 136 valence electrons. The highest BCUT2D eigenvalue weighted by Gasteiger charge is 2.14. The number of fused-ring (bicyclic) bond motifs is 1. The largest absolute Gasteiger partial charge is 0.494 e. The van der Waals surface area contributed by atoms with Crippen LogP contribution in [0.15, 0.2) is 40.3 Å². The number of rotatable bonds is 7. The molecule has 9 heteroatoms. The van der Waals surface area contributed by atoms with E-state index in [-0.39, 0.29) is 17.3 Å². The van der Waals surface area contributed by atoms with Crippen LogP contribution < -0.4 is 10.3 Å². The van der Waals surface area contributed by atoms with E-state index in [0.717, 1.165) is 23.1 Å². The molecular formula is C17H18N4O4S. The molecule has 0 aliphatic carbocycles. The lowest BCUT2D eigenvalue weighted by molar-refractivity contribution is -0.139. The van der Waals surface area contributed by atoms with Gasteiger partial charge in [-0.05, 0) is 44.2 Å². The van der Waals surface area contributed by atoms with Gasteiger partial charge in [-0.3, -0.25) is 9.59 Å². The van der Waals surface area contributed by atoms with Gasteiger partial charge in [-0.15, -0.1) is 5.10 Å². The highest BCUT2D eigenvalue weighted by Crippen LogP contribution is 2.23. The predicted molar refractivity (Wildman–Crippen MR) is 97.6 cm³/mol. The highest BCUT2D eigenvalue weighted by molar-refractivity contribution is 7.99. The number of H-pyrrole nitrogens is 1. The zero-order valence-corrected chi connectivity index (χ0v) is 15.2. The van der Waals surface area contributed by atoms with Crippen molar-refractivity contribution in [3.63, 3.8) is 0 Å². The molecule has 0 fully saturated rings. The topological polar surface area (TPSA) is 98.6 Å². The summed E-state index contributed by atoms with van der Waals surface area (Å²) in [5.41, 5.74) is 1.48. The molecule has 3 aromatic rings. The SMILES string of the molecule is CCOC(=O)CSc1n[nH]c(=O)c2cc(-c3ccc(OCC)cc3)nn12. The molecule has 2 heterocycles. The van der Waals surface area contributed by atoms with Gasteiger partial charge < -0.3 is 9.47 Å². The van der Waals surface area contributed by atoms with Crippen LogP contribution in [0.1, 0.15) is 13.8 Å². The van der Waals surface area contributed by atoms with Gasteiger partial charge in [0.1, 0.15) is 11.3 Å². The third-order valence-electron chi connectivity index (χ3n) is 3.46. The minimum absolute atomic E-state index is 0.0836. The molecule has 26 heavy (non-hydrogen) atoms. The lowest BCUT2D eigenvalue weighted by Crippen LogP contribution is -2.15. The summed E-state index contributed by atoms with van der Waals surface area (Å²) >= 11 is 1.15. The highest BCUT2D eigenvalue weighted by atomic mass is 32.2. The Balaban J connectivity index is 1.91. The molecule has 3 rings (SSSR count). The third kappa shape index (κ3) is 3.88. The minimum Gasteiger partial charge on any atom is -0.494 e. The van der Waals surface area contributed by atoms with Gasteiger partial charge >= 0.3 is 5.97 Å². The van der Waals surface area contributed by atoms with Gasteiger partial charge in [-0.25, -0.2) is 9.61 Å². The third-order valence-corrected chi connectivity index (χ3v) is 4.36. The van der Waals surface area contributed by atoms with E-state index in [2.05, 4.69) is 15.3 Å². The summed E-state index contributed by atoms with van der Waals surface area (Å²) in [6, 6.07) is 9.13. The first-order valence-corrected chi connectivity index (χ1v) is 9.11. The first-order chi connectivity index (χ1) is 12.6. The van der Waals surface area contributed by atoms with Gasteiger partial charge in [0, 0.05) is 5.56 Å². The van der Waals surface area contributed by atoms with Crippen molar-refractivity contribution in [2.24, 2.45) is 0 Å². The number of hydrogen-bond donors (Lipinski definition) is 1. The van der Waals surface area contributed by atoms with Crippen LogP contribution in [0.4, 0.5) is 0 Å². The Hall–Kier alpha value is -2.81. The Morgan fingerprint density at radius 1 is 1.23 bits per heavy atom. The van der Waals surface area contributed by atoms with E-state index >= 15 is 0 Å². The van der Waals surface area contributed by atoms with Crippen LogP contribution in [0.5, 0.6) is 5.75 Å². The van der Waals surface area contributed by atoms with Crippen LogP contribution in [0.25, 0.3) is 16.8 Å². The van der Waals surface area contributed by atoms with Crippen molar-refractivity contribution >= 4 is 23.2 Å². The standard InChI is InChI=1S/C17H18N4O4S/c1-3-24-12-7-5-11(6-8-12)13-9-14-16(23)18-19-17(21(14)20-13)26-10-15(22)25-4-2/h5-9H,3-4,10H2,1-2H3,(H,18,23). The number of carbonyl (C=O) groups is 1. The average Bonchev–Trinajstić information content (AvgIpc) is 3.09. The summed E-state index contributed by atoms with van der Waals surface area (Å²) in [4.78, 5) is 23.6. The molecule has 1 N–H and O–H groups in total. The molecule has 0 aliphatic heterocycles. The van der Waals surface area contributed by atoms with E-state index in [1.807, 2.05) is 31.2 Å². The van der Waals surface area contributed by atoms with Crippen molar-refractivity contribution in [3.8, 4) is 17.0 Å². The average molecular weight is 374 g/mol. The molecule has 0 bridgehead atoms. The van der Waals surface area contributed by atoms with Crippen LogP contribution in [-0.4, -0.2) is 44.7 Å². The van der Waals surface area contributed by atoms with E-state index in [9.17, 15) is 9.59 Å². The van der Waals surface area contributed by atoms with Crippen molar-refractivity contribution in [1.82, 2.24) is 19.8 Å². The molecule has 0 atom stereocenters. The Labute approximate surface area is 153 Å². The van der Waals surface area contributed by atoms with Gasteiger partial charge in [-0.1, -0.05) is 11.8 Å². The molecular weight excluding hydrogens is 356 g/mol. The summed E-state index contributed by atoms with van der Waals surface area (Å²) in [5.74, 6) is 0.503. The number of aromatic nitrogens is 4. The lowest BCUT2D eigenvalue weighted by atomic mass is 10.1. The summed E-state index contributed by atoms with van der Waals surface area (Å²) < 4.78 is 11.8. The minimum atomic E-state index is -0.352. The summed E-state index contributed by atoms with van der Waals surface area (Å²) in [6.45, 7) is 4.58. The van der Waals surface area contributed by atoms with Crippen LogP contribution in [0.2, 0.25) is 0 Å². The molecule has 0 amide bonds. The van der Waals surface area contributed by atoms with Crippen LogP contribution >= 0.6 is 11.8 Å². The van der Waals surface area contributed by atoms with E-state index in [1.54, 1.807) is 13.0 Å². The van der Waals surface area contributed by atoms with E-state index in [0.29, 0.717) is 29.6 Å². The summed E-state index contributed by atoms with van der Waals surface area (Å²) in [5, 5.41) is 11.3. The fraction of sp³-hybridized carbons (Fsp3) is 0.294. The van der Waals surface area contributed by atoms with Crippen molar-refractivity contribution in [2.75, 3.05) is 19.0 Å². The fourth-order valence-corrected chi connectivity index (χ4v) is 3.04. The Morgan fingerprint density at radius 2 is 2.00 bits per heavy atom. The molecule has 0 unspecified atom stereocenters. The first kappa shape index (κ1) is 18.0. The monoisotopic (exact) mass is 374 g/mol. The second kappa shape index (κ2) is 8.05. The van der Waals surface area contributed by atoms with E-state index < -0.39 is 0 Å². The molecule has 0 saturated heterocycles. The predicted octanol–water partition coefficient (Wildman–Crippen LogP) is 2.14. The quantitative estimate of drug-likeness (QED) is 0.500. The second-order valence-corrected chi connectivity index (χ2v) is 6.16. The number of aromatic amines is 1. The Morgan fingerprint density at radius 3 is 2.69 bits per heavy atom. The van der Waals surface area contributed by atoms with Gasteiger partial charge in [0.2, 0.25) is 5.16 Å². The molecule has 0 radical (unpaired) electrons. The smallest absolute Gasteiger partial charge is 0.316 e. The lowest BCUT2D eigenvalue weighted by Gasteiger charge is -2.03. The molecule has 0 spiro atoms.